The number of allylic oxidation sites excluding steroid dienone is 1. The molecule has 0 saturated carbocycles. The maximum absolute atomic E-state index is 12.3. The van der Waals surface area contributed by atoms with Gasteiger partial charge < -0.3 is 15.4 Å². The van der Waals surface area contributed by atoms with E-state index in [4.69, 9.17) is 10.5 Å². The van der Waals surface area contributed by atoms with Gasteiger partial charge in [-0.2, -0.15) is 9.97 Å². The lowest BCUT2D eigenvalue weighted by atomic mass is 9.95. The first kappa shape index (κ1) is 29.2. The Labute approximate surface area is 212 Å². The van der Waals surface area contributed by atoms with Crippen LogP contribution in [0, 0.1) is 16.0 Å². The minimum Gasteiger partial charge on any atom is -0.465 e. The minimum atomic E-state index is -3.91. The van der Waals surface area contributed by atoms with Crippen molar-refractivity contribution in [1.29, 1.82) is 0 Å². The zero-order valence-corrected chi connectivity index (χ0v) is 22.2. The maximum atomic E-state index is 12.3. The number of likely N-dealkylation sites (tertiary alicyclic amines) is 1. The van der Waals surface area contributed by atoms with Crippen LogP contribution >= 0.6 is 0 Å². The Morgan fingerprint density at radius 1 is 1.31 bits per heavy atom. The SMILES string of the molecule is CC.CCOC(=O)CN(CC1C=C(CN2CCCC2)C=CC1)c1nc(S(C)(=O)=O)nc(N)c1[N+](=O)[O-]. The monoisotopic (exact) mass is 524 g/mol. The van der Waals surface area contributed by atoms with Crippen LogP contribution in [0.5, 0.6) is 0 Å². The summed E-state index contributed by atoms with van der Waals surface area (Å²) in [6.45, 7) is 8.49. The maximum Gasteiger partial charge on any atom is 0.353 e. The highest BCUT2D eigenvalue weighted by Gasteiger charge is 2.32. The Hall–Kier alpha value is -3.06. The van der Waals surface area contributed by atoms with Gasteiger partial charge in [0.2, 0.25) is 21.5 Å². The predicted octanol–water partition coefficient (Wildman–Crippen LogP) is 2.36. The van der Waals surface area contributed by atoms with Gasteiger partial charge in [-0.1, -0.05) is 32.1 Å². The molecule has 1 atom stereocenters. The van der Waals surface area contributed by atoms with Gasteiger partial charge in [-0.05, 0) is 50.8 Å². The molecule has 36 heavy (non-hydrogen) atoms. The van der Waals surface area contributed by atoms with Crippen molar-refractivity contribution < 1.29 is 22.9 Å². The van der Waals surface area contributed by atoms with E-state index in [-0.39, 0.29) is 31.4 Å². The molecule has 0 aromatic carbocycles. The zero-order valence-electron chi connectivity index (χ0n) is 21.3. The summed E-state index contributed by atoms with van der Waals surface area (Å²) in [6, 6.07) is 0. The van der Waals surface area contributed by atoms with E-state index in [1.807, 2.05) is 19.9 Å². The number of nitrogen functional groups attached to an aromatic ring is 1. The van der Waals surface area contributed by atoms with Gasteiger partial charge in [-0.3, -0.25) is 19.8 Å². The van der Waals surface area contributed by atoms with E-state index in [2.05, 4.69) is 27.0 Å². The summed E-state index contributed by atoms with van der Waals surface area (Å²) in [5.74, 6) is -1.62. The number of sulfone groups is 1. The lowest BCUT2D eigenvalue weighted by Crippen LogP contribution is -2.37. The second kappa shape index (κ2) is 13.3. The molecule has 0 spiro atoms. The number of ether oxygens (including phenoxy) is 1. The number of esters is 1. The van der Waals surface area contributed by atoms with Gasteiger partial charge in [0.05, 0.1) is 11.5 Å². The van der Waals surface area contributed by atoms with Crippen molar-refractivity contribution in [2.45, 2.75) is 45.2 Å². The molecule has 1 unspecified atom stereocenters. The number of nitrogens with two attached hydrogens (primary N) is 1. The molecule has 1 aliphatic carbocycles. The Bertz CT molecular complexity index is 1100. The molecule has 2 N–H and O–H groups in total. The van der Waals surface area contributed by atoms with E-state index >= 15 is 0 Å². The molecule has 1 saturated heterocycles. The van der Waals surface area contributed by atoms with Gasteiger partial charge in [0.1, 0.15) is 6.54 Å². The summed E-state index contributed by atoms with van der Waals surface area (Å²) in [5, 5.41) is 11.1. The van der Waals surface area contributed by atoms with E-state index in [0.717, 1.165) is 31.5 Å². The van der Waals surface area contributed by atoms with Crippen molar-refractivity contribution in [2.24, 2.45) is 5.92 Å². The Balaban J connectivity index is 0.00000222. The molecule has 1 aromatic rings. The molecule has 1 fully saturated rings. The molecule has 2 aliphatic rings. The smallest absolute Gasteiger partial charge is 0.353 e. The van der Waals surface area contributed by atoms with Crippen molar-refractivity contribution in [3.8, 4) is 0 Å². The lowest BCUT2D eigenvalue weighted by Gasteiger charge is -2.28. The topological polar surface area (TPSA) is 162 Å². The zero-order chi connectivity index (χ0) is 26.9. The summed E-state index contributed by atoms with van der Waals surface area (Å²) in [6.07, 6.45) is 10.1. The van der Waals surface area contributed by atoms with Gasteiger partial charge in [-0.25, -0.2) is 8.42 Å². The number of carbonyl (C=O) groups excluding carboxylic acids is 1. The molecule has 0 radical (unpaired) electrons. The highest BCUT2D eigenvalue weighted by Crippen LogP contribution is 2.33. The largest absolute Gasteiger partial charge is 0.465 e. The van der Waals surface area contributed by atoms with Crippen LogP contribution in [0.4, 0.5) is 17.3 Å². The highest BCUT2D eigenvalue weighted by molar-refractivity contribution is 7.90. The molecule has 2 heterocycles. The average molecular weight is 525 g/mol. The Morgan fingerprint density at radius 2 is 1.97 bits per heavy atom. The fourth-order valence-corrected chi connectivity index (χ4v) is 4.64. The summed E-state index contributed by atoms with van der Waals surface area (Å²) in [7, 11) is -3.91. The summed E-state index contributed by atoms with van der Waals surface area (Å²) in [5.41, 5.74) is 6.24. The number of nitrogens with zero attached hydrogens (tertiary/aromatic N) is 5. The van der Waals surface area contributed by atoms with Gasteiger partial charge in [0.25, 0.3) is 5.16 Å². The second-order valence-corrected chi connectivity index (χ2v) is 10.3. The summed E-state index contributed by atoms with van der Waals surface area (Å²) in [4.78, 5) is 34.6. The Kier molecular flexibility index (Phi) is 10.8. The minimum absolute atomic E-state index is 0.0884. The summed E-state index contributed by atoms with van der Waals surface area (Å²) >= 11 is 0. The van der Waals surface area contributed by atoms with E-state index in [1.165, 1.54) is 17.7 Å². The van der Waals surface area contributed by atoms with Crippen LogP contribution in [0.15, 0.2) is 29.0 Å². The van der Waals surface area contributed by atoms with E-state index in [9.17, 15) is 23.3 Å². The van der Waals surface area contributed by atoms with Crippen LogP contribution in [-0.2, 0) is 19.4 Å². The molecule has 3 rings (SSSR count). The van der Waals surface area contributed by atoms with Crippen LogP contribution in [0.2, 0.25) is 0 Å². The first-order chi connectivity index (χ1) is 17.1. The molecule has 200 valence electrons. The van der Waals surface area contributed by atoms with Crippen LogP contribution in [0.1, 0.15) is 40.0 Å². The van der Waals surface area contributed by atoms with Gasteiger partial charge in [0, 0.05) is 19.3 Å². The molecule has 1 aromatic heterocycles. The standard InChI is InChI=1S/C21H30N6O6S.C2H6/c1-3-33-17(28)14-26(13-16-8-6-7-15(11-16)12-25-9-4-5-10-25)20-18(27(29)30)19(22)23-21(24-20)34(2,31)32;1-2/h6-7,11,16H,3-5,8-10,12-14H2,1-2H3,(H2,22,23,24);1-2H3. The Morgan fingerprint density at radius 3 is 2.56 bits per heavy atom. The molecule has 13 heteroatoms. The van der Waals surface area contributed by atoms with E-state index in [1.54, 1.807) is 6.92 Å². The van der Waals surface area contributed by atoms with Gasteiger partial charge in [0.15, 0.2) is 0 Å². The highest BCUT2D eigenvalue weighted by atomic mass is 32.2. The van der Waals surface area contributed by atoms with Crippen LogP contribution in [0.3, 0.4) is 0 Å². The third kappa shape index (κ3) is 7.98. The number of nitro groups is 1. The third-order valence-electron chi connectivity index (χ3n) is 5.59. The van der Waals surface area contributed by atoms with Crippen molar-refractivity contribution in [3.05, 3.63) is 33.9 Å². The number of hydrogen-bond acceptors (Lipinski definition) is 11. The second-order valence-electron chi connectivity index (χ2n) is 8.40. The third-order valence-corrected chi connectivity index (χ3v) is 6.44. The number of anilines is 2. The number of rotatable bonds is 10. The molecular formula is C23H36N6O6S. The quantitative estimate of drug-likeness (QED) is 0.207. The molecule has 1 aliphatic heterocycles. The fourth-order valence-electron chi connectivity index (χ4n) is 4.12. The molecule has 0 bridgehead atoms. The van der Waals surface area contributed by atoms with Crippen molar-refractivity contribution in [1.82, 2.24) is 14.9 Å². The molecule has 0 amide bonds. The average Bonchev–Trinajstić information content (AvgIpc) is 3.32. The molecular weight excluding hydrogens is 488 g/mol. The normalized spacial score (nSPS) is 17.7. The number of aromatic nitrogens is 2. The lowest BCUT2D eigenvalue weighted by molar-refractivity contribution is -0.383. The van der Waals surface area contributed by atoms with Crippen LogP contribution < -0.4 is 10.6 Å². The van der Waals surface area contributed by atoms with E-state index in [0.29, 0.717) is 6.42 Å². The van der Waals surface area contributed by atoms with Gasteiger partial charge >= 0.3 is 11.7 Å². The van der Waals surface area contributed by atoms with Crippen molar-refractivity contribution in [2.75, 3.05) is 56.2 Å². The van der Waals surface area contributed by atoms with Gasteiger partial charge in [-0.15, -0.1) is 0 Å². The first-order valence-corrected chi connectivity index (χ1v) is 14.0. The van der Waals surface area contributed by atoms with E-state index < -0.39 is 37.4 Å². The number of carbonyl (C=O) groups is 1. The first-order valence-electron chi connectivity index (χ1n) is 12.1. The van der Waals surface area contributed by atoms with Crippen LogP contribution in [0.25, 0.3) is 0 Å². The fraction of sp³-hybridized carbons (Fsp3) is 0.609. The summed E-state index contributed by atoms with van der Waals surface area (Å²) < 4.78 is 29.2. The van der Waals surface area contributed by atoms with Crippen molar-refractivity contribution >= 4 is 33.1 Å². The predicted molar refractivity (Wildman–Crippen MR) is 137 cm³/mol. The molecule has 12 nitrogen and oxygen atoms in total. The number of hydrogen-bond donors (Lipinski definition) is 1. The van der Waals surface area contributed by atoms with Crippen LogP contribution in [-0.4, -0.2) is 79.8 Å². The van der Waals surface area contributed by atoms with Crippen molar-refractivity contribution in [3.63, 3.8) is 0 Å².